The summed E-state index contributed by atoms with van der Waals surface area (Å²) < 4.78 is 6.00. The minimum absolute atomic E-state index is 0.494. The number of nitrogens with zero attached hydrogens (tertiary/aromatic N) is 1. The van der Waals surface area contributed by atoms with E-state index in [0.717, 1.165) is 17.9 Å². The largest absolute Gasteiger partial charge is 0.439 e. The average molecular weight is 282 g/mol. The smallest absolute Gasteiger partial charge is 0.223 e. The molecule has 0 radical (unpaired) electrons. The van der Waals surface area contributed by atoms with E-state index in [4.69, 9.17) is 4.74 Å². The Morgan fingerprint density at radius 2 is 2.10 bits per heavy atom. The lowest BCUT2D eigenvalue weighted by Gasteiger charge is -2.12. The zero-order valence-electron chi connectivity index (χ0n) is 12.7. The molecule has 1 saturated carbocycles. The summed E-state index contributed by atoms with van der Waals surface area (Å²) in [7, 11) is 0. The molecule has 3 heteroatoms. The highest BCUT2D eigenvalue weighted by atomic mass is 16.5. The van der Waals surface area contributed by atoms with Gasteiger partial charge in [-0.1, -0.05) is 32.0 Å². The zero-order valence-corrected chi connectivity index (χ0v) is 12.7. The molecule has 0 bridgehead atoms. The van der Waals surface area contributed by atoms with E-state index in [0.29, 0.717) is 17.8 Å². The van der Waals surface area contributed by atoms with E-state index < -0.39 is 0 Å². The molecule has 2 aromatic rings. The number of aromatic nitrogens is 1. The van der Waals surface area contributed by atoms with Crippen molar-refractivity contribution in [3.8, 4) is 11.6 Å². The maximum absolute atomic E-state index is 6.00. The topological polar surface area (TPSA) is 34.1 Å². The van der Waals surface area contributed by atoms with Crippen LogP contribution in [0.2, 0.25) is 0 Å². The molecule has 0 unspecified atom stereocenters. The lowest BCUT2D eigenvalue weighted by Crippen LogP contribution is -2.16. The minimum atomic E-state index is 0.494. The van der Waals surface area contributed by atoms with E-state index in [1.54, 1.807) is 6.20 Å². The number of hydrogen-bond donors (Lipinski definition) is 1. The second kappa shape index (κ2) is 6.27. The Balaban J connectivity index is 1.75. The van der Waals surface area contributed by atoms with Crippen LogP contribution in [0.3, 0.4) is 0 Å². The van der Waals surface area contributed by atoms with E-state index in [2.05, 4.69) is 42.3 Å². The third-order valence-corrected chi connectivity index (χ3v) is 3.75. The summed E-state index contributed by atoms with van der Waals surface area (Å²) in [5.74, 6) is 2.05. The summed E-state index contributed by atoms with van der Waals surface area (Å²) >= 11 is 0. The van der Waals surface area contributed by atoms with E-state index in [-0.39, 0.29) is 0 Å². The summed E-state index contributed by atoms with van der Waals surface area (Å²) in [6.07, 6.45) is 4.35. The lowest BCUT2D eigenvalue weighted by atomic mass is 10.0. The fourth-order valence-electron chi connectivity index (χ4n) is 2.24. The van der Waals surface area contributed by atoms with Gasteiger partial charge in [0, 0.05) is 24.3 Å². The van der Waals surface area contributed by atoms with Crippen molar-refractivity contribution in [2.75, 3.05) is 0 Å². The van der Waals surface area contributed by atoms with Crippen LogP contribution in [0.5, 0.6) is 11.6 Å². The molecule has 1 heterocycles. The molecule has 0 amide bonds. The second-order valence-electron chi connectivity index (χ2n) is 5.95. The third kappa shape index (κ3) is 3.82. The summed E-state index contributed by atoms with van der Waals surface area (Å²) in [5.41, 5.74) is 2.39. The highest BCUT2D eigenvalue weighted by Gasteiger charge is 2.20. The average Bonchev–Trinajstić information content (AvgIpc) is 3.31. The molecular weight excluding hydrogens is 260 g/mol. The summed E-state index contributed by atoms with van der Waals surface area (Å²) in [4.78, 5) is 4.38. The number of benzene rings is 1. The fourth-order valence-corrected chi connectivity index (χ4v) is 2.24. The molecule has 0 aliphatic heterocycles. The van der Waals surface area contributed by atoms with Crippen molar-refractivity contribution in [2.24, 2.45) is 0 Å². The molecule has 0 atom stereocenters. The Labute approximate surface area is 126 Å². The molecule has 21 heavy (non-hydrogen) atoms. The van der Waals surface area contributed by atoms with Gasteiger partial charge in [-0.15, -0.1) is 0 Å². The first-order valence-corrected chi connectivity index (χ1v) is 7.67. The molecule has 1 aromatic heterocycles. The first-order chi connectivity index (χ1) is 10.2. The number of hydrogen-bond acceptors (Lipinski definition) is 3. The number of pyridine rings is 1. The predicted octanol–water partition coefficient (Wildman–Crippen LogP) is 4.25. The van der Waals surface area contributed by atoms with E-state index in [1.165, 1.54) is 18.4 Å². The first kappa shape index (κ1) is 14.1. The number of rotatable bonds is 6. The van der Waals surface area contributed by atoms with Crippen LogP contribution in [0.4, 0.5) is 0 Å². The van der Waals surface area contributed by atoms with E-state index in [9.17, 15) is 0 Å². The van der Waals surface area contributed by atoms with E-state index >= 15 is 0 Å². The lowest BCUT2D eigenvalue weighted by molar-refractivity contribution is 0.452. The maximum atomic E-state index is 6.00. The van der Waals surface area contributed by atoms with Crippen molar-refractivity contribution in [1.29, 1.82) is 0 Å². The van der Waals surface area contributed by atoms with Crippen LogP contribution in [0, 0.1) is 0 Å². The Bertz CT molecular complexity index is 606. The Morgan fingerprint density at radius 3 is 2.86 bits per heavy atom. The highest BCUT2D eigenvalue weighted by Crippen LogP contribution is 2.27. The summed E-state index contributed by atoms with van der Waals surface area (Å²) in [6, 6.07) is 13.0. The Morgan fingerprint density at radius 1 is 1.24 bits per heavy atom. The van der Waals surface area contributed by atoms with Crippen LogP contribution >= 0.6 is 0 Å². The van der Waals surface area contributed by atoms with Gasteiger partial charge in [-0.25, -0.2) is 4.98 Å². The van der Waals surface area contributed by atoms with Gasteiger partial charge in [0.2, 0.25) is 5.88 Å². The van der Waals surface area contributed by atoms with Crippen molar-refractivity contribution >= 4 is 0 Å². The van der Waals surface area contributed by atoms with Crippen LogP contribution in [-0.4, -0.2) is 11.0 Å². The van der Waals surface area contributed by atoms with Gasteiger partial charge in [-0.2, -0.15) is 0 Å². The van der Waals surface area contributed by atoms with E-state index in [1.807, 2.05) is 18.2 Å². The molecule has 1 N–H and O–H groups in total. The maximum Gasteiger partial charge on any atom is 0.223 e. The minimum Gasteiger partial charge on any atom is -0.439 e. The third-order valence-electron chi connectivity index (χ3n) is 3.75. The van der Waals surface area contributed by atoms with Crippen LogP contribution in [0.1, 0.15) is 43.7 Å². The van der Waals surface area contributed by atoms with Crippen molar-refractivity contribution < 1.29 is 4.74 Å². The fraction of sp³-hybridized carbons (Fsp3) is 0.389. The summed E-state index contributed by atoms with van der Waals surface area (Å²) in [5, 5.41) is 3.51. The van der Waals surface area contributed by atoms with Gasteiger partial charge in [-0.05, 0) is 42.5 Å². The van der Waals surface area contributed by atoms with Crippen molar-refractivity contribution in [3.63, 3.8) is 0 Å². The SMILES string of the molecule is CC(C)c1cccc(Oc2ncccc2CNC2CC2)c1. The van der Waals surface area contributed by atoms with Crippen molar-refractivity contribution in [3.05, 3.63) is 53.7 Å². The molecule has 0 saturated heterocycles. The predicted molar refractivity (Wildman–Crippen MR) is 84.7 cm³/mol. The standard InChI is InChI=1S/C18H22N2O/c1-13(2)14-5-3-7-17(11-14)21-18-15(6-4-10-19-18)12-20-16-8-9-16/h3-7,10-11,13,16,20H,8-9,12H2,1-2H3. The Kier molecular flexibility index (Phi) is 4.20. The quantitative estimate of drug-likeness (QED) is 0.860. The van der Waals surface area contributed by atoms with Crippen LogP contribution < -0.4 is 10.1 Å². The molecule has 1 aliphatic rings. The van der Waals surface area contributed by atoms with Crippen molar-refractivity contribution in [1.82, 2.24) is 10.3 Å². The van der Waals surface area contributed by atoms with Crippen LogP contribution in [-0.2, 0) is 6.54 Å². The molecule has 1 fully saturated rings. The first-order valence-electron chi connectivity index (χ1n) is 7.67. The van der Waals surface area contributed by atoms with Gasteiger partial charge >= 0.3 is 0 Å². The van der Waals surface area contributed by atoms with Gasteiger partial charge in [-0.3, -0.25) is 0 Å². The second-order valence-corrected chi connectivity index (χ2v) is 5.95. The molecule has 3 nitrogen and oxygen atoms in total. The zero-order chi connectivity index (χ0) is 14.7. The molecule has 3 rings (SSSR count). The van der Waals surface area contributed by atoms with Crippen LogP contribution in [0.25, 0.3) is 0 Å². The van der Waals surface area contributed by atoms with Gasteiger partial charge in [0.15, 0.2) is 0 Å². The number of nitrogens with one attached hydrogen (secondary N) is 1. The summed E-state index contributed by atoms with van der Waals surface area (Å²) in [6.45, 7) is 5.19. The Hall–Kier alpha value is -1.87. The van der Waals surface area contributed by atoms with Gasteiger partial charge < -0.3 is 10.1 Å². The van der Waals surface area contributed by atoms with Gasteiger partial charge in [0.1, 0.15) is 5.75 Å². The molecule has 1 aromatic carbocycles. The highest BCUT2D eigenvalue weighted by molar-refractivity contribution is 5.35. The van der Waals surface area contributed by atoms with Crippen LogP contribution in [0.15, 0.2) is 42.6 Å². The molecule has 1 aliphatic carbocycles. The van der Waals surface area contributed by atoms with Gasteiger partial charge in [0.05, 0.1) is 0 Å². The molecular formula is C18H22N2O. The number of ether oxygens (including phenoxy) is 1. The molecule has 110 valence electrons. The molecule has 0 spiro atoms. The van der Waals surface area contributed by atoms with Gasteiger partial charge in [0.25, 0.3) is 0 Å². The normalized spacial score (nSPS) is 14.4. The van der Waals surface area contributed by atoms with Crippen molar-refractivity contribution in [2.45, 2.75) is 45.2 Å². The monoisotopic (exact) mass is 282 g/mol.